The average Bonchev–Trinajstić information content (AvgIpc) is 1.65. The highest BCUT2D eigenvalue weighted by Gasteiger charge is 2.06. The molecule has 0 saturated carbocycles. The topological polar surface area (TPSA) is 0 Å². The van der Waals surface area contributed by atoms with Crippen LogP contribution in [-0.2, 0) is 0 Å². The van der Waals surface area contributed by atoms with Crippen molar-refractivity contribution in [3.05, 3.63) is 0 Å². The summed E-state index contributed by atoms with van der Waals surface area (Å²) in [4.78, 5) is 0. The Kier molecular flexibility index (Phi) is 2.97. The smallest absolute Gasteiger partial charge is 0.102 e. The maximum atomic E-state index is 12.3. The van der Waals surface area contributed by atoms with Gasteiger partial charge in [-0.3, -0.25) is 0 Å². The Bertz CT molecular complexity index is 41.4. The molecule has 0 amide bonds. The lowest BCUT2D eigenvalue weighted by atomic mass is 10.1. The summed E-state index contributed by atoms with van der Waals surface area (Å²) in [5.74, 6) is 0.199. The zero-order valence-electron chi connectivity index (χ0n) is 5.24. The van der Waals surface area contributed by atoms with Crippen molar-refractivity contribution >= 4 is 0 Å². The van der Waals surface area contributed by atoms with Crippen LogP contribution in [0.4, 0.5) is 4.39 Å². The van der Waals surface area contributed by atoms with E-state index in [2.05, 4.69) is 0 Å². The van der Waals surface area contributed by atoms with Gasteiger partial charge in [-0.25, -0.2) is 4.39 Å². The van der Waals surface area contributed by atoms with Gasteiger partial charge in [-0.1, -0.05) is 20.8 Å². The van der Waals surface area contributed by atoms with E-state index in [-0.39, 0.29) is 5.92 Å². The Labute approximate surface area is 44.7 Å². The van der Waals surface area contributed by atoms with Gasteiger partial charge in [0.05, 0.1) is 0 Å². The zero-order valence-corrected chi connectivity index (χ0v) is 5.24. The average molecular weight is 104 g/mol. The van der Waals surface area contributed by atoms with Crippen LogP contribution in [0.15, 0.2) is 0 Å². The first kappa shape index (κ1) is 6.93. The second kappa shape index (κ2) is 3.00. The molecule has 0 N–H and O–H groups in total. The molecule has 0 aliphatic rings. The van der Waals surface area contributed by atoms with E-state index in [9.17, 15) is 4.39 Å². The Morgan fingerprint density at radius 2 is 1.86 bits per heavy atom. The van der Waals surface area contributed by atoms with Gasteiger partial charge >= 0.3 is 0 Å². The molecule has 1 heteroatoms. The van der Waals surface area contributed by atoms with Crippen molar-refractivity contribution in [2.24, 2.45) is 5.92 Å². The molecule has 0 rings (SSSR count). The summed E-state index contributed by atoms with van der Waals surface area (Å²) in [6, 6.07) is 0. The molecule has 0 aromatic heterocycles. The number of rotatable bonds is 2. The molecule has 0 spiro atoms. The molecule has 0 fully saturated rings. The quantitative estimate of drug-likeness (QED) is 0.504. The van der Waals surface area contributed by atoms with Gasteiger partial charge in [0.15, 0.2) is 0 Å². The highest BCUT2D eigenvalue weighted by molar-refractivity contribution is 4.55. The van der Waals surface area contributed by atoms with Crippen LogP contribution < -0.4 is 0 Å². The van der Waals surface area contributed by atoms with Crippen molar-refractivity contribution in [1.29, 1.82) is 0 Å². The van der Waals surface area contributed by atoms with Crippen LogP contribution in [0.2, 0.25) is 0 Å². The van der Waals surface area contributed by atoms with Gasteiger partial charge in [-0.15, -0.1) is 0 Å². The van der Waals surface area contributed by atoms with Gasteiger partial charge < -0.3 is 0 Å². The molecule has 0 aliphatic carbocycles. The third kappa shape index (κ3) is 2.60. The minimum atomic E-state index is -0.597. The first-order chi connectivity index (χ1) is 3.18. The molecule has 0 heterocycles. The molecular formula is C6H13F. The second-order valence-electron chi connectivity index (χ2n) is 2.17. The summed E-state index contributed by atoms with van der Waals surface area (Å²) >= 11 is 0. The van der Waals surface area contributed by atoms with Crippen molar-refractivity contribution in [2.75, 3.05) is 0 Å². The molecular weight excluding hydrogens is 91.1 g/mol. The Morgan fingerprint density at radius 3 is 1.86 bits per heavy atom. The molecule has 1 atom stereocenters. The number of hydrogen-bond donors (Lipinski definition) is 0. The van der Waals surface area contributed by atoms with Crippen LogP contribution in [0.5, 0.6) is 0 Å². The van der Waals surface area contributed by atoms with Crippen LogP contribution in [-0.4, -0.2) is 6.17 Å². The lowest BCUT2D eigenvalue weighted by molar-refractivity contribution is 0.248. The van der Waals surface area contributed by atoms with Crippen molar-refractivity contribution in [2.45, 2.75) is 33.4 Å². The van der Waals surface area contributed by atoms with Gasteiger partial charge in [0, 0.05) is 0 Å². The lowest BCUT2D eigenvalue weighted by Crippen LogP contribution is -2.05. The molecule has 0 aliphatic heterocycles. The fraction of sp³-hybridized carbons (Fsp3) is 1.00. The van der Waals surface area contributed by atoms with Gasteiger partial charge in [0.25, 0.3) is 0 Å². The van der Waals surface area contributed by atoms with Crippen LogP contribution in [0, 0.1) is 5.92 Å². The Hall–Kier alpha value is -0.0700. The van der Waals surface area contributed by atoms with Crippen molar-refractivity contribution in [3.8, 4) is 0 Å². The lowest BCUT2D eigenvalue weighted by Gasteiger charge is -2.06. The first-order valence-corrected chi connectivity index (χ1v) is 2.82. The summed E-state index contributed by atoms with van der Waals surface area (Å²) in [6.45, 7) is 5.66. The summed E-state index contributed by atoms with van der Waals surface area (Å²) in [5.41, 5.74) is 0. The molecule has 0 aromatic carbocycles. The molecule has 0 bridgehead atoms. The Morgan fingerprint density at radius 1 is 1.43 bits per heavy atom. The van der Waals surface area contributed by atoms with Gasteiger partial charge in [0.2, 0.25) is 0 Å². The third-order valence-electron chi connectivity index (χ3n) is 1.11. The van der Waals surface area contributed by atoms with Crippen molar-refractivity contribution in [3.63, 3.8) is 0 Å². The fourth-order valence-corrected chi connectivity index (χ4v) is 0.471. The first-order valence-electron chi connectivity index (χ1n) is 2.82. The minimum Gasteiger partial charge on any atom is -0.247 e. The van der Waals surface area contributed by atoms with Crippen LogP contribution in [0.25, 0.3) is 0 Å². The number of hydrogen-bond acceptors (Lipinski definition) is 0. The SMILES string of the molecule is CC[C@@H](F)C(C)C. The molecule has 0 aromatic rings. The molecule has 0 saturated heterocycles. The molecule has 0 nitrogen and oxygen atoms in total. The molecule has 44 valence electrons. The van der Waals surface area contributed by atoms with E-state index < -0.39 is 6.17 Å². The summed E-state index contributed by atoms with van der Waals surface area (Å²) in [5, 5.41) is 0. The highest BCUT2D eigenvalue weighted by atomic mass is 19.1. The number of halogens is 1. The normalized spacial score (nSPS) is 15.0. The van der Waals surface area contributed by atoms with E-state index in [0.29, 0.717) is 6.42 Å². The van der Waals surface area contributed by atoms with E-state index in [0.717, 1.165) is 0 Å². The maximum absolute atomic E-state index is 12.3. The second-order valence-corrected chi connectivity index (χ2v) is 2.17. The van der Waals surface area contributed by atoms with E-state index >= 15 is 0 Å². The summed E-state index contributed by atoms with van der Waals surface area (Å²) in [6.07, 6.45) is 0.0532. The van der Waals surface area contributed by atoms with Crippen molar-refractivity contribution < 1.29 is 4.39 Å². The summed E-state index contributed by atoms with van der Waals surface area (Å²) < 4.78 is 12.3. The van der Waals surface area contributed by atoms with E-state index in [1.807, 2.05) is 20.8 Å². The van der Waals surface area contributed by atoms with Gasteiger partial charge in [0.1, 0.15) is 6.17 Å². The van der Waals surface area contributed by atoms with Crippen LogP contribution in [0.1, 0.15) is 27.2 Å². The van der Waals surface area contributed by atoms with Gasteiger partial charge in [-0.05, 0) is 12.3 Å². The van der Waals surface area contributed by atoms with E-state index in [1.165, 1.54) is 0 Å². The monoisotopic (exact) mass is 104 g/mol. The molecule has 7 heavy (non-hydrogen) atoms. The Balaban J connectivity index is 3.14. The number of alkyl halides is 1. The maximum Gasteiger partial charge on any atom is 0.102 e. The molecule has 0 unspecified atom stereocenters. The van der Waals surface area contributed by atoms with E-state index in [4.69, 9.17) is 0 Å². The standard InChI is InChI=1S/C6H13F/c1-4-6(7)5(2)3/h5-6H,4H2,1-3H3/t6-/m1/s1. The third-order valence-corrected chi connectivity index (χ3v) is 1.11. The highest BCUT2D eigenvalue weighted by Crippen LogP contribution is 2.08. The molecule has 0 radical (unpaired) electrons. The minimum absolute atomic E-state index is 0.199. The van der Waals surface area contributed by atoms with Gasteiger partial charge in [-0.2, -0.15) is 0 Å². The predicted molar refractivity (Wildman–Crippen MR) is 30.0 cm³/mol. The largest absolute Gasteiger partial charge is 0.247 e. The van der Waals surface area contributed by atoms with Crippen molar-refractivity contribution in [1.82, 2.24) is 0 Å². The van der Waals surface area contributed by atoms with E-state index in [1.54, 1.807) is 0 Å². The predicted octanol–water partition coefficient (Wildman–Crippen LogP) is 2.39. The van der Waals surface area contributed by atoms with Crippen LogP contribution >= 0.6 is 0 Å². The fourth-order valence-electron chi connectivity index (χ4n) is 0.471. The zero-order chi connectivity index (χ0) is 5.86. The summed E-state index contributed by atoms with van der Waals surface area (Å²) in [7, 11) is 0. The van der Waals surface area contributed by atoms with Crippen LogP contribution in [0.3, 0.4) is 0 Å².